The van der Waals surface area contributed by atoms with Crippen molar-refractivity contribution >= 4 is 40.9 Å². The minimum Gasteiger partial charge on any atom is -0.444 e. The molecule has 1 aliphatic rings. The zero-order valence-electron chi connectivity index (χ0n) is 15.7. The van der Waals surface area contributed by atoms with Crippen LogP contribution in [0.4, 0.5) is 16.2 Å². The number of alkyl carbamates (subject to hydrolysis) is 1. The van der Waals surface area contributed by atoms with E-state index in [1.165, 1.54) is 0 Å². The molecule has 1 heterocycles. The van der Waals surface area contributed by atoms with Crippen molar-refractivity contribution in [3.05, 3.63) is 23.2 Å². The van der Waals surface area contributed by atoms with Crippen molar-refractivity contribution in [1.29, 1.82) is 0 Å². The van der Waals surface area contributed by atoms with Gasteiger partial charge in [0.2, 0.25) is 11.8 Å². The molecule has 27 heavy (non-hydrogen) atoms. The summed E-state index contributed by atoms with van der Waals surface area (Å²) in [7, 11) is 0. The van der Waals surface area contributed by atoms with Gasteiger partial charge in [0.25, 0.3) is 0 Å². The molecular formula is C18H25ClN4O4. The highest BCUT2D eigenvalue weighted by Gasteiger charge is 2.19. The van der Waals surface area contributed by atoms with Crippen LogP contribution < -0.4 is 20.9 Å². The Morgan fingerprint density at radius 2 is 2.07 bits per heavy atom. The SMILES string of the molecule is CC(C)(C)OC(=O)NCCC(=O)Nc1ccc(N2CCNC(=O)C2)c(Cl)c1. The number of carbonyl (C=O) groups excluding carboxylic acids is 3. The first-order valence-corrected chi connectivity index (χ1v) is 9.10. The predicted molar refractivity (Wildman–Crippen MR) is 104 cm³/mol. The van der Waals surface area contributed by atoms with Crippen molar-refractivity contribution in [3.63, 3.8) is 0 Å². The Kier molecular flexibility index (Phi) is 6.90. The van der Waals surface area contributed by atoms with Gasteiger partial charge in [0.05, 0.1) is 17.3 Å². The number of nitrogens with one attached hydrogen (secondary N) is 3. The highest BCUT2D eigenvalue weighted by molar-refractivity contribution is 6.33. The Bertz CT molecular complexity index is 718. The van der Waals surface area contributed by atoms with Gasteiger partial charge in [0.15, 0.2) is 0 Å². The summed E-state index contributed by atoms with van der Waals surface area (Å²) in [5.41, 5.74) is 0.712. The summed E-state index contributed by atoms with van der Waals surface area (Å²) in [5, 5.41) is 8.47. The minimum atomic E-state index is -0.583. The summed E-state index contributed by atoms with van der Waals surface area (Å²) >= 11 is 6.30. The van der Waals surface area contributed by atoms with Gasteiger partial charge < -0.3 is 25.6 Å². The summed E-state index contributed by atoms with van der Waals surface area (Å²) < 4.78 is 5.10. The lowest BCUT2D eigenvalue weighted by Gasteiger charge is -2.29. The lowest BCUT2D eigenvalue weighted by molar-refractivity contribution is -0.120. The van der Waals surface area contributed by atoms with Crippen molar-refractivity contribution in [2.45, 2.75) is 32.8 Å². The molecule has 2 rings (SSSR count). The second-order valence-corrected chi connectivity index (χ2v) is 7.57. The van der Waals surface area contributed by atoms with Gasteiger partial charge in [-0.15, -0.1) is 0 Å². The van der Waals surface area contributed by atoms with Crippen LogP contribution in [0.5, 0.6) is 0 Å². The van der Waals surface area contributed by atoms with E-state index in [2.05, 4.69) is 16.0 Å². The van der Waals surface area contributed by atoms with E-state index in [0.717, 1.165) is 5.69 Å². The molecule has 0 unspecified atom stereocenters. The van der Waals surface area contributed by atoms with Gasteiger partial charge in [0, 0.05) is 31.7 Å². The van der Waals surface area contributed by atoms with E-state index in [1.807, 2.05) is 4.90 Å². The minimum absolute atomic E-state index is 0.0489. The molecule has 1 aliphatic heterocycles. The molecule has 9 heteroatoms. The number of hydrogen-bond acceptors (Lipinski definition) is 5. The number of carbonyl (C=O) groups is 3. The molecule has 1 aromatic rings. The van der Waals surface area contributed by atoms with E-state index in [-0.39, 0.29) is 31.3 Å². The third-order valence-corrected chi connectivity index (χ3v) is 3.93. The molecule has 1 fully saturated rings. The van der Waals surface area contributed by atoms with E-state index in [4.69, 9.17) is 16.3 Å². The van der Waals surface area contributed by atoms with Crippen LogP contribution in [-0.2, 0) is 14.3 Å². The van der Waals surface area contributed by atoms with Crippen molar-refractivity contribution in [1.82, 2.24) is 10.6 Å². The average Bonchev–Trinajstić information content (AvgIpc) is 2.53. The number of anilines is 2. The topological polar surface area (TPSA) is 99.8 Å². The molecule has 0 atom stereocenters. The van der Waals surface area contributed by atoms with Gasteiger partial charge >= 0.3 is 6.09 Å². The Morgan fingerprint density at radius 1 is 1.33 bits per heavy atom. The Morgan fingerprint density at radius 3 is 2.70 bits per heavy atom. The Balaban J connectivity index is 1.83. The van der Waals surface area contributed by atoms with Crippen LogP contribution in [0.2, 0.25) is 5.02 Å². The highest BCUT2D eigenvalue weighted by atomic mass is 35.5. The first-order valence-electron chi connectivity index (χ1n) is 8.72. The van der Waals surface area contributed by atoms with Crippen LogP contribution in [0.3, 0.4) is 0 Å². The van der Waals surface area contributed by atoms with Crippen molar-refractivity contribution in [3.8, 4) is 0 Å². The second kappa shape index (κ2) is 8.94. The van der Waals surface area contributed by atoms with Crippen LogP contribution in [0, 0.1) is 0 Å². The maximum absolute atomic E-state index is 12.0. The number of ether oxygens (including phenoxy) is 1. The van der Waals surface area contributed by atoms with E-state index < -0.39 is 11.7 Å². The molecule has 3 amide bonds. The summed E-state index contributed by atoms with van der Waals surface area (Å²) in [6, 6.07) is 5.14. The van der Waals surface area contributed by atoms with Crippen molar-refractivity contribution in [2.75, 3.05) is 36.4 Å². The third-order valence-electron chi connectivity index (χ3n) is 3.63. The van der Waals surface area contributed by atoms with Crippen LogP contribution in [-0.4, -0.2) is 49.7 Å². The molecular weight excluding hydrogens is 372 g/mol. The molecule has 0 aliphatic carbocycles. The summed E-state index contributed by atoms with van der Waals surface area (Å²) in [5.74, 6) is -0.306. The first kappa shape index (κ1) is 20.8. The summed E-state index contributed by atoms with van der Waals surface area (Å²) in [6.45, 7) is 6.96. The van der Waals surface area contributed by atoms with E-state index in [0.29, 0.717) is 23.8 Å². The number of amides is 3. The number of piperazine rings is 1. The van der Waals surface area contributed by atoms with E-state index in [9.17, 15) is 14.4 Å². The fourth-order valence-electron chi connectivity index (χ4n) is 2.50. The molecule has 0 spiro atoms. The molecule has 1 saturated heterocycles. The van der Waals surface area contributed by atoms with Gasteiger partial charge in [-0.05, 0) is 39.0 Å². The van der Waals surface area contributed by atoms with E-state index >= 15 is 0 Å². The molecule has 3 N–H and O–H groups in total. The molecule has 1 aromatic carbocycles. The van der Waals surface area contributed by atoms with Crippen molar-refractivity contribution in [2.24, 2.45) is 0 Å². The smallest absolute Gasteiger partial charge is 0.407 e. The molecule has 0 radical (unpaired) electrons. The number of benzene rings is 1. The largest absolute Gasteiger partial charge is 0.444 e. The molecule has 0 saturated carbocycles. The summed E-state index contributed by atoms with van der Waals surface area (Å²) in [4.78, 5) is 36.9. The third kappa shape index (κ3) is 6.97. The van der Waals surface area contributed by atoms with Gasteiger partial charge in [-0.25, -0.2) is 4.79 Å². The molecule has 148 valence electrons. The molecule has 8 nitrogen and oxygen atoms in total. The quantitative estimate of drug-likeness (QED) is 0.708. The van der Waals surface area contributed by atoms with E-state index in [1.54, 1.807) is 39.0 Å². The maximum Gasteiger partial charge on any atom is 0.407 e. The zero-order valence-corrected chi connectivity index (χ0v) is 16.5. The highest BCUT2D eigenvalue weighted by Crippen LogP contribution is 2.29. The fraction of sp³-hybridized carbons (Fsp3) is 0.500. The standard InChI is InChI=1S/C18H25ClN4O4/c1-18(2,3)27-17(26)21-7-6-15(24)22-12-4-5-14(13(19)10-12)23-9-8-20-16(25)11-23/h4-5,10H,6-9,11H2,1-3H3,(H,20,25)(H,21,26)(H,22,24). The average molecular weight is 397 g/mol. The number of rotatable bonds is 5. The van der Waals surface area contributed by atoms with Gasteiger partial charge in [-0.3, -0.25) is 9.59 Å². The van der Waals surface area contributed by atoms with Gasteiger partial charge in [-0.1, -0.05) is 11.6 Å². The normalized spacial score (nSPS) is 14.4. The molecule has 0 aromatic heterocycles. The second-order valence-electron chi connectivity index (χ2n) is 7.16. The fourth-order valence-corrected chi connectivity index (χ4v) is 2.80. The van der Waals surface area contributed by atoms with Crippen LogP contribution >= 0.6 is 11.6 Å². The molecule has 0 bridgehead atoms. The Labute approximate surface area is 163 Å². The van der Waals surface area contributed by atoms with Crippen LogP contribution in [0.15, 0.2) is 18.2 Å². The monoisotopic (exact) mass is 396 g/mol. The Hall–Kier alpha value is -2.48. The lowest BCUT2D eigenvalue weighted by atomic mass is 10.2. The summed E-state index contributed by atoms with van der Waals surface area (Å²) in [6.07, 6.45) is -0.460. The van der Waals surface area contributed by atoms with Crippen LogP contribution in [0.1, 0.15) is 27.2 Å². The maximum atomic E-state index is 12.0. The predicted octanol–water partition coefficient (Wildman–Crippen LogP) is 2.13. The zero-order chi connectivity index (χ0) is 20.0. The first-order chi connectivity index (χ1) is 12.6. The van der Waals surface area contributed by atoms with Crippen molar-refractivity contribution < 1.29 is 19.1 Å². The van der Waals surface area contributed by atoms with Gasteiger partial charge in [-0.2, -0.15) is 0 Å². The number of hydrogen-bond donors (Lipinski definition) is 3. The van der Waals surface area contributed by atoms with Gasteiger partial charge in [0.1, 0.15) is 5.60 Å². The lowest BCUT2D eigenvalue weighted by Crippen LogP contribution is -2.47. The number of nitrogens with zero attached hydrogens (tertiary/aromatic N) is 1. The number of halogens is 1. The van der Waals surface area contributed by atoms with Crippen LogP contribution in [0.25, 0.3) is 0 Å².